The Morgan fingerprint density at radius 1 is 1.43 bits per heavy atom. The number of rotatable bonds is 9. The normalized spacial score (nSPS) is 14.0. The zero-order chi connectivity index (χ0) is 15.8. The average Bonchev–Trinajstić information content (AvgIpc) is 2.44. The monoisotopic (exact) mass is 294 g/mol. The van der Waals surface area contributed by atoms with Gasteiger partial charge in [-0.05, 0) is 30.0 Å². The van der Waals surface area contributed by atoms with Gasteiger partial charge in [-0.2, -0.15) is 0 Å². The minimum Gasteiger partial charge on any atom is -0.491 e. The molecule has 0 aliphatic carbocycles. The Kier molecular flexibility index (Phi) is 7.19. The number of ether oxygens (including phenoxy) is 1. The maximum absolute atomic E-state index is 11.3. The van der Waals surface area contributed by atoms with Crippen LogP contribution in [-0.4, -0.2) is 36.3 Å². The smallest absolute Gasteiger partial charge is 0.234 e. The van der Waals surface area contributed by atoms with Crippen LogP contribution >= 0.6 is 0 Å². The molecule has 1 amide bonds. The Morgan fingerprint density at radius 2 is 2.14 bits per heavy atom. The lowest BCUT2D eigenvalue weighted by Crippen LogP contribution is -2.48. The number of aliphatic hydroxyl groups is 1. The maximum atomic E-state index is 11.3. The quantitative estimate of drug-likeness (QED) is 0.636. The van der Waals surface area contributed by atoms with Gasteiger partial charge in [0, 0.05) is 6.54 Å². The van der Waals surface area contributed by atoms with E-state index in [-0.39, 0.29) is 19.1 Å². The largest absolute Gasteiger partial charge is 0.491 e. The molecule has 21 heavy (non-hydrogen) atoms. The highest BCUT2D eigenvalue weighted by Crippen LogP contribution is 2.13. The Labute approximate surface area is 126 Å². The van der Waals surface area contributed by atoms with Crippen LogP contribution in [-0.2, 0) is 11.2 Å². The number of hydrogen-bond donors (Lipinski definition) is 3. The molecule has 4 N–H and O–H groups in total. The number of carbonyl (C=O) groups excluding carboxylic acids is 1. The van der Waals surface area contributed by atoms with Crippen molar-refractivity contribution in [3.8, 4) is 5.75 Å². The second-order valence-corrected chi connectivity index (χ2v) is 5.50. The van der Waals surface area contributed by atoms with Crippen LogP contribution in [0.1, 0.15) is 26.3 Å². The first-order valence-corrected chi connectivity index (χ1v) is 7.36. The molecule has 1 rings (SSSR count). The first-order chi connectivity index (χ1) is 9.93. The minimum atomic E-state index is -0.698. The summed E-state index contributed by atoms with van der Waals surface area (Å²) >= 11 is 0. The number of aliphatic hydroxyl groups excluding tert-OH is 1. The van der Waals surface area contributed by atoms with Gasteiger partial charge in [0.1, 0.15) is 18.5 Å². The Balaban J connectivity index is 2.39. The van der Waals surface area contributed by atoms with E-state index in [1.54, 1.807) is 0 Å². The van der Waals surface area contributed by atoms with Gasteiger partial charge < -0.3 is 20.9 Å². The molecule has 0 fully saturated rings. The van der Waals surface area contributed by atoms with Crippen LogP contribution in [0.4, 0.5) is 0 Å². The lowest BCUT2D eigenvalue weighted by Gasteiger charge is -2.21. The van der Waals surface area contributed by atoms with Gasteiger partial charge in [-0.25, -0.2) is 0 Å². The molecule has 1 aromatic carbocycles. The fourth-order valence-corrected chi connectivity index (χ4v) is 2.03. The fourth-order valence-electron chi connectivity index (χ4n) is 2.03. The molecule has 0 heterocycles. The van der Waals surface area contributed by atoms with Crippen molar-refractivity contribution in [2.75, 3.05) is 13.2 Å². The van der Waals surface area contributed by atoms with E-state index in [1.807, 2.05) is 38.1 Å². The van der Waals surface area contributed by atoms with Gasteiger partial charge in [0.2, 0.25) is 5.91 Å². The van der Waals surface area contributed by atoms with Gasteiger partial charge >= 0.3 is 0 Å². The van der Waals surface area contributed by atoms with E-state index in [2.05, 4.69) is 12.2 Å². The molecule has 5 nitrogen and oxygen atoms in total. The minimum absolute atomic E-state index is 0.0804. The molecule has 0 aliphatic heterocycles. The van der Waals surface area contributed by atoms with Crippen LogP contribution < -0.4 is 15.8 Å². The molecule has 2 unspecified atom stereocenters. The molecule has 0 radical (unpaired) electrons. The van der Waals surface area contributed by atoms with Gasteiger partial charge in [-0.3, -0.25) is 4.79 Å². The third-order valence-corrected chi connectivity index (χ3v) is 3.30. The molecule has 118 valence electrons. The number of aryl methyl sites for hydroxylation is 1. The summed E-state index contributed by atoms with van der Waals surface area (Å²) in [5.74, 6) is 0.411. The van der Waals surface area contributed by atoms with Crippen LogP contribution in [0.3, 0.4) is 0 Å². The van der Waals surface area contributed by atoms with Crippen molar-refractivity contribution in [3.05, 3.63) is 29.8 Å². The predicted octanol–water partition coefficient (Wildman–Crippen LogP) is 1.09. The topological polar surface area (TPSA) is 84.6 Å². The Hall–Kier alpha value is -1.59. The number of benzene rings is 1. The van der Waals surface area contributed by atoms with Gasteiger partial charge in [0.25, 0.3) is 0 Å². The number of hydrogen-bond acceptors (Lipinski definition) is 4. The van der Waals surface area contributed by atoms with E-state index >= 15 is 0 Å². The van der Waals surface area contributed by atoms with Crippen LogP contribution in [0.15, 0.2) is 24.3 Å². The van der Waals surface area contributed by atoms with Crippen molar-refractivity contribution < 1.29 is 14.6 Å². The highest BCUT2D eigenvalue weighted by molar-refractivity contribution is 5.80. The highest BCUT2D eigenvalue weighted by atomic mass is 16.5. The van der Waals surface area contributed by atoms with Gasteiger partial charge in [0.05, 0.1) is 6.04 Å². The second kappa shape index (κ2) is 8.64. The summed E-state index contributed by atoms with van der Waals surface area (Å²) in [5.41, 5.74) is 6.50. The summed E-state index contributed by atoms with van der Waals surface area (Å²) in [7, 11) is 0. The zero-order valence-corrected chi connectivity index (χ0v) is 13.0. The van der Waals surface area contributed by atoms with Crippen molar-refractivity contribution in [2.24, 2.45) is 11.7 Å². The summed E-state index contributed by atoms with van der Waals surface area (Å²) in [5, 5.41) is 12.9. The van der Waals surface area contributed by atoms with E-state index in [4.69, 9.17) is 10.5 Å². The van der Waals surface area contributed by atoms with Gasteiger partial charge in [0.15, 0.2) is 0 Å². The van der Waals surface area contributed by atoms with E-state index < -0.39 is 18.1 Å². The molecule has 0 aliphatic rings. The number of nitrogens with two attached hydrogens (primary N) is 1. The van der Waals surface area contributed by atoms with Crippen molar-refractivity contribution >= 4 is 5.91 Å². The summed E-state index contributed by atoms with van der Waals surface area (Å²) in [4.78, 5) is 11.3. The summed E-state index contributed by atoms with van der Waals surface area (Å²) < 4.78 is 5.56. The third kappa shape index (κ3) is 6.14. The molecule has 1 aromatic rings. The number of nitrogens with one attached hydrogen (secondary N) is 1. The van der Waals surface area contributed by atoms with Crippen LogP contribution in [0, 0.1) is 5.92 Å². The van der Waals surface area contributed by atoms with Gasteiger partial charge in [-0.1, -0.05) is 32.9 Å². The predicted molar refractivity (Wildman–Crippen MR) is 83.1 cm³/mol. The fraction of sp³-hybridized carbons (Fsp3) is 0.562. The van der Waals surface area contributed by atoms with E-state index in [9.17, 15) is 9.90 Å². The van der Waals surface area contributed by atoms with Crippen molar-refractivity contribution in [3.63, 3.8) is 0 Å². The van der Waals surface area contributed by atoms with E-state index in [0.29, 0.717) is 0 Å². The maximum Gasteiger partial charge on any atom is 0.234 e. The molecule has 0 aromatic heterocycles. The van der Waals surface area contributed by atoms with Crippen LogP contribution in [0.2, 0.25) is 0 Å². The molecule has 0 bridgehead atoms. The molecular formula is C16H26N2O3. The second-order valence-electron chi connectivity index (χ2n) is 5.50. The number of amides is 1. The first kappa shape index (κ1) is 17.5. The standard InChI is InChI=1S/C16H26N2O3/c1-4-12-6-5-7-14(8-12)21-10-13(19)9-18-15(11(2)3)16(17)20/h5-8,11,13,15,18-19H,4,9-10H2,1-3H3,(H2,17,20). The van der Waals surface area contributed by atoms with E-state index in [1.165, 1.54) is 5.56 Å². The Bertz CT molecular complexity index is 449. The van der Waals surface area contributed by atoms with Crippen molar-refractivity contribution in [2.45, 2.75) is 39.3 Å². The van der Waals surface area contributed by atoms with Gasteiger partial charge in [-0.15, -0.1) is 0 Å². The molecule has 0 saturated heterocycles. The number of carbonyl (C=O) groups is 1. The van der Waals surface area contributed by atoms with E-state index in [0.717, 1.165) is 12.2 Å². The molecule has 2 atom stereocenters. The molecule has 0 spiro atoms. The van der Waals surface area contributed by atoms with Crippen molar-refractivity contribution in [1.82, 2.24) is 5.32 Å². The summed E-state index contributed by atoms with van der Waals surface area (Å²) in [6, 6.07) is 7.34. The Morgan fingerprint density at radius 3 is 2.71 bits per heavy atom. The summed E-state index contributed by atoms with van der Waals surface area (Å²) in [6.07, 6.45) is 0.242. The zero-order valence-electron chi connectivity index (χ0n) is 13.0. The lowest BCUT2D eigenvalue weighted by atomic mass is 10.0. The highest BCUT2D eigenvalue weighted by Gasteiger charge is 2.19. The molecule has 5 heteroatoms. The molecule has 0 saturated carbocycles. The average molecular weight is 294 g/mol. The lowest BCUT2D eigenvalue weighted by molar-refractivity contribution is -0.121. The van der Waals surface area contributed by atoms with Crippen LogP contribution in [0.25, 0.3) is 0 Å². The van der Waals surface area contributed by atoms with Crippen LogP contribution in [0.5, 0.6) is 5.75 Å². The third-order valence-electron chi connectivity index (χ3n) is 3.30. The molecular weight excluding hydrogens is 268 g/mol. The SMILES string of the molecule is CCc1cccc(OCC(O)CNC(C(N)=O)C(C)C)c1. The number of primary amides is 1. The van der Waals surface area contributed by atoms with Crippen molar-refractivity contribution in [1.29, 1.82) is 0 Å². The summed E-state index contributed by atoms with van der Waals surface area (Å²) in [6.45, 7) is 6.32. The first-order valence-electron chi connectivity index (χ1n) is 7.36.